The van der Waals surface area contributed by atoms with Crippen molar-refractivity contribution in [3.8, 4) is 0 Å². The van der Waals surface area contributed by atoms with Crippen LogP contribution in [0.3, 0.4) is 0 Å². The lowest BCUT2D eigenvalue weighted by molar-refractivity contribution is -0.128. The van der Waals surface area contributed by atoms with Crippen LogP contribution in [0.5, 0.6) is 0 Å². The van der Waals surface area contributed by atoms with Crippen LogP contribution >= 0.6 is 23.2 Å². The summed E-state index contributed by atoms with van der Waals surface area (Å²) < 4.78 is 86.6. The molecule has 0 bridgehead atoms. The van der Waals surface area contributed by atoms with E-state index in [0.717, 1.165) is 64.2 Å². The van der Waals surface area contributed by atoms with E-state index in [9.17, 15) is 44.8 Å². The molecular formula is C54H64Cl2F2N8O8S2. The monoisotopic (exact) mass is 1120 g/mol. The van der Waals surface area contributed by atoms with Gasteiger partial charge in [-0.3, -0.25) is 29.0 Å². The van der Waals surface area contributed by atoms with Gasteiger partial charge in [-0.1, -0.05) is 110 Å². The van der Waals surface area contributed by atoms with Crippen molar-refractivity contribution in [2.24, 2.45) is 0 Å². The summed E-state index contributed by atoms with van der Waals surface area (Å²) in [6.45, 7) is 2.08. The van der Waals surface area contributed by atoms with Crippen molar-refractivity contribution in [2.75, 3.05) is 49.1 Å². The highest BCUT2D eigenvalue weighted by Crippen LogP contribution is 2.39. The first kappa shape index (κ1) is 55.7. The van der Waals surface area contributed by atoms with Gasteiger partial charge in [0.15, 0.2) is 0 Å². The zero-order valence-corrected chi connectivity index (χ0v) is 45.3. The number of anilines is 2. The third-order valence-corrected chi connectivity index (χ3v) is 19.8. The minimum absolute atomic E-state index is 0.0447. The summed E-state index contributed by atoms with van der Waals surface area (Å²) in [7, 11) is -7.61. The third-order valence-electron chi connectivity index (χ3n) is 15.0. The summed E-state index contributed by atoms with van der Waals surface area (Å²) in [5.74, 6) is -3.18. The number of amides is 4. The van der Waals surface area contributed by atoms with Crippen LogP contribution in [-0.2, 0) is 39.6 Å². The van der Waals surface area contributed by atoms with Crippen molar-refractivity contribution in [3.05, 3.63) is 130 Å². The number of nitrogens with one attached hydrogen (secondary N) is 2. The molecule has 2 aliphatic carbocycles. The lowest BCUT2D eigenvalue weighted by Crippen LogP contribution is -2.53. The van der Waals surface area contributed by atoms with E-state index in [0.29, 0.717) is 63.0 Å². The number of carbonyl (C=O) groups is 4. The molecule has 4 aromatic carbocycles. The van der Waals surface area contributed by atoms with Crippen LogP contribution in [0, 0.1) is 11.6 Å². The topological polar surface area (TPSA) is 180 Å². The Kier molecular flexibility index (Phi) is 17.8. The molecule has 0 radical (unpaired) electrons. The maximum Gasteiger partial charge on any atom is 0.282 e. The zero-order valence-electron chi connectivity index (χ0n) is 42.1. The Morgan fingerprint density at radius 3 is 1.20 bits per heavy atom. The largest absolute Gasteiger partial charge is 0.351 e. The first-order valence-corrected chi connectivity index (χ1v) is 29.9. The summed E-state index contributed by atoms with van der Waals surface area (Å²) in [5, 5.41) is 6.76. The minimum atomic E-state index is -3.81. The number of benzene rings is 4. The molecule has 6 fully saturated rings. The molecule has 4 heterocycles. The first-order chi connectivity index (χ1) is 36.5. The lowest BCUT2D eigenvalue weighted by Gasteiger charge is -2.36. The maximum atomic E-state index is 14.5. The fraction of sp³-hybridized carbons (Fsp3) is 0.481. The van der Waals surface area contributed by atoms with E-state index in [-0.39, 0.29) is 46.6 Å². The lowest BCUT2D eigenvalue weighted by atomic mass is 9.94. The molecule has 4 amide bonds. The predicted molar refractivity (Wildman–Crippen MR) is 287 cm³/mol. The molecule has 22 heteroatoms. The van der Waals surface area contributed by atoms with Crippen molar-refractivity contribution < 1.29 is 44.8 Å². The molecule has 0 aromatic heterocycles. The summed E-state index contributed by atoms with van der Waals surface area (Å²) in [6.07, 6.45) is 11.2. The standard InChI is InChI=1S/2C27H32ClFN4O4S/c2*28-23-13-5-4-12-22(23)25(26(34)30-20-9-2-1-3-10-20)33(21-11-6-8-19(29)18-21)27(35)24-14-7-15-32(24)38(36,37)31-16-17-31/h2*4-6,8,11-13,18,20,24-25H,1-3,7,9-10,14-17H2,(H,30,34)/t24-,25+;24-,25-/m00/s1. The molecule has 2 saturated carbocycles. The molecule has 2 N–H and O–H groups in total. The molecular weight excluding hydrogens is 1060 g/mol. The van der Waals surface area contributed by atoms with Gasteiger partial charge in [-0.05, 0) is 99.9 Å². The molecule has 4 aliphatic heterocycles. The molecule has 4 aromatic rings. The number of carbonyl (C=O) groups excluding carboxylic acids is 4. The SMILES string of the molecule is O=C(NC1CCCCC1)[C@@H](c1ccccc1Cl)N(C(=O)[C@@H]1CCCN1S(=O)(=O)N1CC1)c1cccc(F)c1.O=C(NC1CCCCC1)[C@H](c1ccccc1Cl)N(C(=O)[C@@H]1CCCN1S(=O)(=O)N1CC1)c1cccc(F)c1. The first-order valence-electron chi connectivity index (χ1n) is 26.4. The van der Waals surface area contributed by atoms with E-state index < -0.39 is 79.8 Å². The molecule has 10 rings (SSSR count). The Balaban J connectivity index is 0.000000186. The number of nitrogens with zero attached hydrogens (tertiary/aromatic N) is 6. The molecule has 16 nitrogen and oxygen atoms in total. The highest BCUT2D eigenvalue weighted by Gasteiger charge is 2.50. The van der Waals surface area contributed by atoms with Crippen LogP contribution in [0.1, 0.15) is 113 Å². The van der Waals surface area contributed by atoms with Crippen LogP contribution in [0.25, 0.3) is 0 Å². The predicted octanol–water partition coefficient (Wildman–Crippen LogP) is 8.05. The Morgan fingerprint density at radius 2 is 0.855 bits per heavy atom. The summed E-state index contributed by atoms with van der Waals surface area (Å²) in [5.41, 5.74) is 1.10. The number of hydrogen-bond donors (Lipinski definition) is 2. The van der Waals surface area contributed by atoms with Crippen LogP contribution < -0.4 is 20.4 Å². The van der Waals surface area contributed by atoms with Gasteiger partial charge in [-0.2, -0.15) is 34.1 Å². The average Bonchev–Trinajstić information content (AvgIpc) is 4.35. The van der Waals surface area contributed by atoms with Gasteiger partial charge >= 0.3 is 0 Å². The van der Waals surface area contributed by atoms with Gasteiger partial charge < -0.3 is 10.6 Å². The van der Waals surface area contributed by atoms with E-state index in [1.807, 2.05) is 0 Å². The molecule has 76 heavy (non-hydrogen) atoms. The fourth-order valence-corrected chi connectivity index (χ4v) is 14.9. The van der Waals surface area contributed by atoms with Gasteiger partial charge in [0.2, 0.25) is 23.6 Å². The van der Waals surface area contributed by atoms with E-state index in [1.165, 1.54) is 63.4 Å². The molecule has 6 aliphatic rings. The summed E-state index contributed by atoms with van der Waals surface area (Å²) >= 11 is 13.2. The number of rotatable bonds is 16. The highest BCUT2D eigenvalue weighted by molar-refractivity contribution is 7.87. The van der Waals surface area contributed by atoms with Crippen molar-refractivity contribution in [3.63, 3.8) is 0 Å². The van der Waals surface area contributed by atoms with Gasteiger partial charge in [0.25, 0.3) is 20.4 Å². The summed E-state index contributed by atoms with van der Waals surface area (Å²) in [4.78, 5) is 59.1. The van der Waals surface area contributed by atoms with E-state index in [4.69, 9.17) is 23.2 Å². The van der Waals surface area contributed by atoms with E-state index in [1.54, 1.807) is 60.7 Å². The highest BCUT2D eigenvalue weighted by atomic mass is 35.5. The van der Waals surface area contributed by atoms with Crippen molar-refractivity contribution in [1.82, 2.24) is 27.9 Å². The van der Waals surface area contributed by atoms with Crippen molar-refractivity contribution in [2.45, 2.75) is 126 Å². The second-order valence-corrected chi connectivity index (χ2v) is 24.8. The van der Waals surface area contributed by atoms with Crippen LogP contribution in [0.2, 0.25) is 10.0 Å². The fourth-order valence-electron chi connectivity index (χ4n) is 11.0. The number of hydrogen-bond acceptors (Lipinski definition) is 8. The quantitative estimate of drug-likeness (QED) is 0.106. The molecule has 408 valence electrons. The Hall–Kier alpha value is -5.06. The summed E-state index contributed by atoms with van der Waals surface area (Å²) in [6, 6.07) is 19.9. The molecule has 4 saturated heterocycles. The van der Waals surface area contributed by atoms with Gasteiger partial charge in [-0.25, -0.2) is 8.78 Å². The number of halogens is 4. The van der Waals surface area contributed by atoms with Crippen LogP contribution in [0.4, 0.5) is 20.2 Å². The average molecular weight is 1130 g/mol. The zero-order chi connectivity index (χ0) is 53.7. The van der Waals surface area contributed by atoms with E-state index >= 15 is 0 Å². The van der Waals surface area contributed by atoms with Crippen molar-refractivity contribution in [1.29, 1.82) is 0 Å². The second-order valence-electron chi connectivity index (χ2n) is 20.3. The molecule has 0 unspecified atom stereocenters. The van der Waals surface area contributed by atoms with Crippen molar-refractivity contribution >= 4 is 78.6 Å². The second kappa shape index (κ2) is 24.3. The van der Waals surface area contributed by atoms with E-state index in [2.05, 4.69) is 10.6 Å². The molecule has 4 atom stereocenters. The Labute approximate surface area is 454 Å². The Morgan fingerprint density at radius 1 is 0.487 bits per heavy atom. The Bertz CT molecular complexity index is 2800. The van der Waals surface area contributed by atoms with Crippen LogP contribution in [-0.4, -0.2) is 121 Å². The van der Waals surface area contributed by atoms with Gasteiger partial charge in [0, 0.05) is 83.9 Å². The maximum absolute atomic E-state index is 14.5. The minimum Gasteiger partial charge on any atom is -0.351 e. The van der Waals surface area contributed by atoms with Gasteiger partial charge in [-0.15, -0.1) is 0 Å². The third kappa shape index (κ3) is 12.6. The molecule has 0 spiro atoms. The van der Waals surface area contributed by atoms with Crippen LogP contribution in [0.15, 0.2) is 97.1 Å². The normalized spacial score (nSPS) is 21.7. The smallest absolute Gasteiger partial charge is 0.282 e. The van der Waals surface area contributed by atoms with Gasteiger partial charge in [0.05, 0.1) is 0 Å². The van der Waals surface area contributed by atoms with Gasteiger partial charge in [0.1, 0.15) is 35.8 Å².